The molecule has 0 bridgehead atoms. The van der Waals surface area contributed by atoms with E-state index in [0.29, 0.717) is 6.42 Å². The van der Waals surface area contributed by atoms with E-state index in [9.17, 15) is 4.79 Å². The van der Waals surface area contributed by atoms with Gasteiger partial charge in [-0.1, -0.05) is 29.8 Å². The Morgan fingerprint density at radius 2 is 1.84 bits per heavy atom. The minimum atomic E-state index is -0.0649. The van der Waals surface area contributed by atoms with Crippen molar-refractivity contribution in [1.29, 1.82) is 0 Å². The number of hydrazone groups is 1. The number of benzene rings is 2. The Balaban J connectivity index is 1.92. The number of nitrogens with zero attached hydrogens (tertiary/aromatic N) is 2. The van der Waals surface area contributed by atoms with Crippen molar-refractivity contribution in [1.82, 2.24) is 5.01 Å². The molecule has 0 aromatic heterocycles. The van der Waals surface area contributed by atoms with Crippen molar-refractivity contribution < 1.29 is 14.3 Å². The van der Waals surface area contributed by atoms with Crippen LogP contribution in [0.25, 0.3) is 0 Å². The van der Waals surface area contributed by atoms with Gasteiger partial charge in [0.25, 0.3) is 0 Å². The maximum absolute atomic E-state index is 12.1. The number of aryl methyl sites for hydroxylation is 1. The van der Waals surface area contributed by atoms with Crippen molar-refractivity contribution in [2.45, 2.75) is 33.2 Å². The van der Waals surface area contributed by atoms with E-state index in [-0.39, 0.29) is 18.7 Å². The van der Waals surface area contributed by atoms with Crippen molar-refractivity contribution in [2.75, 3.05) is 6.79 Å². The SMILES string of the molecule is CC(=O)N1N=C(c2ccc(C)cc2)c2cc3c(cc2C[C@H]1C)OCO3. The summed E-state index contributed by atoms with van der Waals surface area (Å²) in [5.74, 6) is 1.41. The van der Waals surface area contributed by atoms with Gasteiger partial charge in [-0.3, -0.25) is 4.79 Å². The van der Waals surface area contributed by atoms with Crippen LogP contribution in [0.3, 0.4) is 0 Å². The van der Waals surface area contributed by atoms with E-state index in [1.165, 1.54) is 5.56 Å². The summed E-state index contributed by atoms with van der Waals surface area (Å²) in [6.45, 7) is 5.85. The van der Waals surface area contributed by atoms with E-state index in [2.05, 4.69) is 19.1 Å². The Bertz CT molecular complexity index is 871. The van der Waals surface area contributed by atoms with E-state index < -0.39 is 0 Å². The van der Waals surface area contributed by atoms with Crippen LogP contribution in [0.2, 0.25) is 0 Å². The second-order valence-corrected chi connectivity index (χ2v) is 6.59. The lowest BCUT2D eigenvalue weighted by atomic mass is 9.94. The fraction of sp³-hybridized carbons (Fsp3) is 0.300. The molecule has 0 saturated carbocycles. The van der Waals surface area contributed by atoms with Crippen LogP contribution in [0.5, 0.6) is 11.5 Å². The molecule has 0 radical (unpaired) electrons. The Labute approximate surface area is 146 Å². The summed E-state index contributed by atoms with van der Waals surface area (Å²) in [6.07, 6.45) is 0.713. The molecule has 0 N–H and O–H groups in total. The number of hydrogen-bond acceptors (Lipinski definition) is 4. The first-order valence-electron chi connectivity index (χ1n) is 8.41. The Kier molecular flexibility index (Phi) is 3.71. The van der Waals surface area contributed by atoms with Crippen molar-refractivity contribution in [3.8, 4) is 11.5 Å². The van der Waals surface area contributed by atoms with Gasteiger partial charge in [-0.25, -0.2) is 5.01 Å². The van der Waals surface area contributed by atoms with Gasteiger partial charge >= 0.3 is 0 Å². The molecule has 0 aliphatic carbocycles. The number of carbonyl (C=O) groups is 1. The highest BCUT2D eigenvalue weighted by Gasteiger charge is 2.28. The van der Waals surface area contributed by atoms with Crippen LogP contribution < -0.4 is 9.47 Å². The predicted octanol–water partition coefficient (Wildman–Crippen LogP) is 3.27. The summed E-state index contributed by atoms with van der Waals surface area (Å²) < 4.78 is 11.1. The Hall–Kier alpha value is -2.82. The van der Waals surface area contributed by atoms with E-state index in [0.717, 1.165) is 33.9 Å². The lowest BCUT2D eigenvalue weighted by Gasteiger charge is -2.21. The highest BCUT2D eigenvalue weighted by molar-refractivity contribution is 6.14. The highest BCUT2D eigenvalue weighted by atomic mass is 16.7. The van der Waals surface area contributed by atoms with Gasteiger partial charge < -0.3 is 9.47 Å². The molecule has 0 unspecified atom stereocenters. The topological polar surface area (TPSA) is 51.1 Å². The fourth-order valence-corrected chi connectivity index (χ4v) is 3.34. The number of rotatable bonds is 1. The maximum Gasteiger partial charge on any atom is 0.239 e. The van der Waals surface area contributed by atoms with Gasteiger partial charge in [0, 0.05) is 18.1 Å². The first kappa shape index (κ1) is 15.7. The third kappa shape index (κ3) is 2.76. The number of carbonyl (C=O) groups excluding carboxylic acids is 1. The smallest absolute Gasteiger partial charge is 0.239 e. The molecule has 5 heteroatoms. The van der Waals surface area contributed by atoms with Crippen LogP contribution in [0.1, 0.15) is 36.1 Å². The summed E-state index contributed by atoms with van der Waals surface area (Å²) in [7, 11) is 0. The molecule has 2 aromatic rings. The largest absolute Gasteiger partial charge is 0.454 e. The van der Waals surface area contributed by atoms with E-state index in [1.54, 1.807) is 11.9 Å². The molecule has 2 aliphatic rings. The standard InChI is InChI=1S/C20H20N2O3/c1-12-4-6-15(7-5-12)20-17-10-19-18(24-11-25-19)9-16(17)8-13(2)22(21-20)14(3)23/h4-7,9-10,13H,8,11H2,1-3H3/t13-/m1/s1. The summed E-state index contributed by atoms with van der Waals surface area (Å²) in [5.41, 5.74) is 5.04. The minimum absolute atomic E-state index is 0.0282. The number of fused-ring (bicyclic) bond motifs is 2. The number of ether oxygens (including phenoxy) is 2. The second-order valence-electron chi connectivity index (χ2n) is 6.59. The average molecular weight is 336 g/mol. The van der Waals surface area contributed by atoms with Crippen LogP contribution in [0, 0.1) is 6.92 Å². The maximum atomic E-state index is 12.1. The van der Waals surface area contributed by atoms with Crippen LogP contribution in [0.15, 0.2) is 41.5 Å². The Morgan fingerprint density at radius 3 is 2.52 bits per heavy atom. The molecule has 0 spiro atoms. The van der Waals surface area contributed by atoms with Crippen molar-refractivity contribution >= 4 is 11.6 Å². The lowest BCUT2D eigenvalue weighted by molar-refractivity contribution is -0.130. The molecule has 1 amide bonds. The third-order valence-corrected chi connectivity index (χ3v) is 4.64. The Morgan fingerprint density at radius 1 is 1.16 bits per heavy atom. The highest BCUT2D eigenvalue weighted by Crippen LogP contribution is 2.37. The van der Waals surface area contributed by atoms with Gasteiger partial charge in [0.2, 0.25) is 12.7 Å². The van der Waals surface area contributed by atoms with Crippen LogP contribution in [0.4, 0.5) is 0 Å². The van der Waals surface area contributed by atoms with Crippen molar-refractivity contribution in [3.63, 3.8) is 0 Å². The molecular weight excluding hydrogens is 316 g/mol. The summed E-state index contributed by atoms with van der Waals surface area (Å²) >= 11 is 0. The molecule has 0 saturated heterocycles. The fourth-order valence-electron chi connectivity index (χ4n) is 3.34. The molecule has 2 aliphatic heterocycles. The van der Waals surface area contributed by atoms with Gasteiger partial charge in [0.15, 0.2) is 11.5 Å². The second kappa shape index (κ2) is 5.92. The molecule has 25 heavy (non-hydrogen) atoms. The van der Waals surface area contributed by atoms with Crippen LogP contribution >= 0.6 is 0 Å². The van der Waals surface area contributed by atoms with Gasteiger partial charge in [0.05, 0.1) is 11.8 Å². The quantitative estimate of drug-likeness (QED) is 0.803. The van der Waals surface area contributed by atoms with Gasteiger partial charge in [-0.2, -0.15) is 5.10 Å². The van der Waals surface area contributed by atoms with E-state index in [4.69, 9.17) is 14.6 Å². The molecule has 4 rings (SSSR count). The third-order valence-electron chi connectivity index (χ3n) is 4.64. The van der Waals surface area contributed by atoms with Gasteiger partial charge in [-0.05, 0) is 38.0 Å². The first-order chi connectivity index (χ1) is 12.0. The van der Waals surface area contributed by atoms with Crippen LogP contribution in [-0.2, 0) is 11.2 Å². The summed E-state index contributed by atoms with van der Waals surface area (Å²) in [5, 5.41) is 6.30. The van der Waals surface area contributed by atoms with Gasteiger partial charge in [-0.15, -0.1) is 0 Å². The molecule has 0 fully saturated rings. The lowest BCUT2D eigenvalue weighted by Crippen LogP contribution is -2.33. The average Bonchev–Trinajstić information content (AvgIpc) is 2.97. The first-order valence-corrected chi connectivity index (χ1v) is 8.41. The van der Waals surface area contributed by atoms with Gasteiger partial charge in [0.1, 0.15) is 0 Å². The molecule has 128 valence electrons. The minimum Gasteiger partial charge on any atom is -0.454 e. The van der Waals surface area contributed by atoms with E-state index in [1.807, 2.05) is 31.2 Å². The predicted molar refractivity (Wildman–Crippen MR) is 95.1 cm³/mol. The zero-order valence-electron chi connectivity index (χ0n) is 14.6. The number of hydrogen-bond donors (Lipinski definition) is 0. The van der Waals surface area contributed by atoms with Crippen molar-refractivity contribution in [2.24, 2.45) is 5.10 Å². The number of amides is 1. The molecular formula is C20H20N2O3. The molecule has 2 aromatic carbocycles. The summed E-state index contributed by atoms with van der Waals surface area (Å²) in [6, 6.07) is 12.1. The van der Waals surface area contributed by atoms with E-state index >= 15 is 0 Å². The monoisotopic (exact) mass is 336 g/mol. The van der Waals surface area contributed by atoms with Crippen LogP contribution in [-0.4, -0.2) is 29.5 Å². The normalized spacial score (nSPS) is 18.4. The molecule has 2 heterocycles. The molecule has 1 atom stereocenters. The molecule has 5 nitrogen and oxygen atoms in total. The zero-order valence-corrected chi connectivity index (χ0v) is 14.6. The van der Waals surface area contributed by atoms with Crippen molar-refractivity contribution in [3.05, 3.63) is 58.7 Å². The zero-order chi connectivity index (χ0) is 17.6. The summed E-state index contributed by atoms with van der Waals surface area (Å²) in [4.78, 5) is 12.1.